The Hall–Kier alpha value is -1.48. The number of amides is 2. The molecule has 176 valence electrons. The molecule has 0 saturated heterocycles. The average molecular weight is 490 g/mol. The first kappa shape index (κ1) is 23.7. The van der Waals surface area contributed by atoms with Gasteiger partial charge in [-0.1, -0.05) is 11.6 Å². The van der Waals surface area contributed by atoms with Crippen LogP contribution < -0.4 is 10.6 Å². The number of hydrogen-bond donors (Lipinski definition) is 2. The summed E-state index contributed by atoms with van der Waals surface area (Å²) in [5.74, 6) is 2.44. The fourth-order valence-electron chi connectivity index (χ4n) is 5.98. The number of carbonyl (C=O) groups excluding carboxylic acids is 2. The van der Waals surface area contributed by atoms with Gasteiger partial charge in [-0.05, 0) is 62.3 Å². The summed E-state index contributed by atoms with van der Waals surface area (Å²) in [4.78, 5) is 28.7. The Bertz CT molecular complexity index is 845. The van der Waals surface area contributed by atoms with Crippen LogP contribution in [0.25, 0.3) is 0 Å². The Labute approximate surface area is 194 Å². The second-order valence-electron chi connectivity index (χ2n) is 9.41. The molecule has 4 fully saturated rings. The van der Waals surface area contributed by atoms with Crippen LogP contribution in [0.3, 0.4) is 0 Å². The summed E-state index contributed by atoms with van der Waals surface area (Å²) in [6.45, 7) is 0.636. The maximum Gasteiger partial charge on any atom is 0.417 e. The van der Waals surface area contributed by atoms with E-state index in [1.165, 1.54) is 31.0 Å². The summed E-state index contributed by atoms with van der Waals surface area (Å²) in [6.07, 6.45) is 3.28. The van der Waals surface area contributed by atoms with Crippen LogP contribution in [0.4, 0.5) is 13.2 Å². The van der Waals surface area contributed by atoms with Crippen LogP contribution in [0.5, 0.6) is 0 Å². The van der Waals surface area contributed by atoms with Gasteiger partial charge in [-0.15, -0.1) is 11.8 Å². The minimum atomic E-state index is -4.49. The van der Waals surface area contributed by atoms with Crippen LogP contribution in [0.15, 0.2) is 17.3 Å². The number of nitrogens with zero attached hydrogens (tertiary/aromatic N) is 1. The normalized spacial score (nSPS) is 28.6. The van der Waals surface area contributed by atoms with Crippen molar-refractivity contribution < 1.29 is 22.8 Å². The van der Waals surface area contributed by atoms with Gasteiger partial charge >= 0.3 is 6.18 Å². The maximum absolute atomic E-state index is 12.9. The van der Waals surface area contributed by atoms with Crippen LogP contribution in [0, 0.1) is 23.2 Å². The highest BCUT2D eigenvalue weighted by Crippen LogP contribution is 2.60. The number of alkyl halides is 3. The molecule has 4 aliphatic carbocycles. The Morgan fingerprint density at radius 3 is 2.28 bits per heavy atom. The summed E-state index contributed by atoms with van der Waals surface area (Å²) in [5.41, 5.74) is -1.11. The lowest BCUT2D eigenvalue weighted by molar-refractivity contribution is -0.146. The molecule has 2 amide bonds. The number of hydrogen-bond acceptors (Lipinski definition) is 4. The lowest BCUT2D eigenvalue weighted by atomic mass is 9.49. The highest BCUT2D eigenvalue weighted by Gasteiger charge is 2.54. The van der Waals surface area contributed by atoms with Gasteiger partial charge in [0.05, 0.1) is 10.6 Å². The quantitative estimate of drug-likeness (QED) is 0.410. The smallest absolute Gasteiger partial charge is 0.355 e. The van der Waals surface area contributed by atoms with E-state index >= 15 is 0 Å². The lowest BCUT2D eigenvalue weighted by Crippen LogP contribution is -2.53. The standard InChI is InChI=1S/C22H27ClF3N3O2S/c23-17-8-16(22(24,25)26)12-29-19(17)32-4-3-27-18(30)1-2-28-20(31)21-9-13-5-14(10-21)7-15(6-13)11-21/h8,12-15H,1-7,9-11H2,(H,27,30)(H,28,31). The predicted octanol–water partition coefficient (Wildman–Crippen LogP) is 4.68. The molecular formula is C22H27ClF3N3O2S. The SMILES string of the molecule is O=C(CCNC(=O)C12CC3CC(CC(C3)C1)C2)NCCSc1ncc(C(F)(F)F)cc1Cl. The first-order chi connectivity index (χ1) is 15.1. The van der Waals surface area contributed by atoms with Crippen molar-refractivity contribution in [2.75, 3.05) is 18.8 Å². The van der Waals surface area contributed by atoms with E-state index in [-0.39, 0.29) is 33.7 Å². The van der Waals surface area contributed by atoms with E-state index in [9.17, 15) is 22.8 Å². The van der Waals surface area contributed by atoms with E-state index in [0.717, 1.165) is 31.5 Å². The minimum Gasteiger partial charge on any atom is -0.355 e. The number of nitrogens with one attached hydrogen (secondary N) is 2. The van der Waals surface area contributed by atoms with Crippen molar-refractivity contribution in [3.05, 3.63) is 22.8 Å². The first-order valence-corrected chi connectivity index (χ1v) is 12.4. The number of halogens is 4. The fraction of sp³-hybridized carbons (Fsp3) is 0.682. The first-order valence-electron chi connectivity index (χ1n) is 11.1. The molecule has 1 aromatic heterocycles. The third kappa shape index (κ3) is 5.35. The number of rotatable bonds is 8. The summed E-state index contributed by atoms with van der Waals surface area (Å²) in [5, 5.41) is 5.97. The van der Waals surface area contributed by atoms with Gasteiger partial charge in [0.15, 0.2) is 0 Å². The third-order valence-corrected chi connectivity index (χ3v) is 8.36. The van der Waals surface area contributed by atoms with Gasteiger partial charge < -0.3 is 10.6 Å². The number of pyridine rings is 1. The second kappa shape index (κ2) is 9.41. The van der Waals surface area contributed by atoms with Crippen molar-refractivity contribution in [3.8, 4) is 0 Å². The van der Waals surface area contributed by atoms with Crippen molar-refractivity contribution >= 4 is 35.2 Å². The minimum absolute atomic E-state index is 0.0662. The van der Waals surface area contributed by atoms with Crippen LogP contribution in [0.2, 0.25) is 5.02 Å². The van der Waals surface area contributed by atoms with Gasteiger partial charge in [0.25, 0.3) is 0 Å². The Balaban J connectivity index is 1.14. The van der Waals surface area contributed by atoms with E-state index in [2.05, 4.69) is 15.6 Å². The third-order valence-electron chi connectivity index (χ3n) is 6.96. The lowest BCUT2D eigenvalue weighted by Gasteiger charge is -2.55. The zero-order valence-electron chi connectivity index (χ0n) is 17.6. The summed E-state index contributed by atoms with van der Waals surface area (Å²) >= 11 is 7.05. The molecule has 2 N–H and O–H groups in total. The van der Waals surface area contributed by atoms with E-state index in [0.29, 0.717) is 36.6 Å². The molecule has 0 aromatic carbocycles. The average Bonchev–Trinajstić information content (AvgIpc) is 2.70. The van der Waals surface area contributed by atoms with Crippen molar-refractivity contribution in [2.24, 2.45) is 23.2 Å². The summed E-state index contributed by atoms with van der Waals surface area (Å²) in [7, 11) is 0. The van der Waals surface area contributed by atoms with Crippen LogP contribution in [-0.4, -0.2) is 35.6 Å². The van der Waals surface area contributed by atoms with Gasteiger partial charge in [-0.2, -0.15) is 13.2 Å². The van der Waals surface area contributed by atoms with Gasteiger partial charge in [-0.3, -0.25) is 9.59 Å². The fourth-order valence-corrected chi connectivity index (χ4v) is 7.03. The molecule has 0 radical (unpaired) electrons. The molecule has 10 heteroatoms. The van der Waals surface area contributed by atoms with Crippen molar-refractivity contribution in [1.82, 2.24) is 15.6 Å². The molecule has 1 heterocycles. The van der Waals surface area contributed by atoms with Gasteiger partial charge in [-0.25, -0.2) is 4.98 Å². The van der Waals surface area contributed by atoms with Crippen LogP contribution in [0.1, 0.15) is 50.5 Å². The molecule has 4 saturated carbocycles. The highest BCUT2D eigenvalue weighted by atomic mass is 35.5. The van der Waals surface area contributed by atoms with Crippen LogP contribution >= 0.6 is 23.4 Å². The molecule has 32 heavy (non-hydrogen) atoms. The molecule has 0 unspecified atom stereocenters. The van der Waals surface area contributed by atoms with Gasteiger partial charge in [0.2, 0.25) is 11.8 Å². The molecule has 4 bridgehead atoms. The van der Waals surface area contributed by atoms with E-state index < -0.39 is 11.7 Å². The second-order valence-corrected chi connectivity index (χ2v) is 10.9. The topological polar surface area (TPSA) is 71.1 Å². The van der Waals surface area contributed by atoms with Crippen molar-refractivity contribution in [3.63, 3.8) is 0 Å². The molecule has 0 aliphatic heterocycles. The predicted molar refractivity (Wildman–Crippen MR) is 116 cm³/mol. The molecule has 5 nitrogen and oxygen atoms in total. The number of aromatic nitrogens is 1. The molecular weight excluding hydrogens is 463 g/mol. The van der Waals surface area contributed by atoms with Gasteiger partial charge in [0.1, 0.15) is 5.03 Å². The monoisotopic (exact) mass is 489 g/mol. The zero-order chi connectivity index (χ0) is 22.9. The molecule has 0 atom stereocenters. The summed E-state index contributed by atoms with van der Waals surface area (Å²) < 4.78 is 38.0. The van der Waals surface area contributed by atoms with E-state index in [1.54, 1.807) is 0 Å². The van der Waals surface area contributed by atoms with E-state index in [1.807, 2.05) is 0 Å². The Morgan fingerprint density at radius 2 is 1.72 bits per heavy atom. The van der Waals surface area contributed by atoms with E-state index in [4.69, 9.17) is 11.6 Å². The maximum atomic E-state index is 12.9. The summed E-state index contributed by atoms with van der Waals surface area (Å²) in [6, 6.07) is 0.849. The van der Waals surface area contributed by atoms with Crippen LogP contribution in [-0.2, 0) is 15.8 Å². The largest absolute Gasteiger partial charge is 0.417 e. The Morgan fingerprint density at radius 1 is 1.09 bits per heavy atom. The molecule has 4 aliphatic rings. The Kier molecular flexibility index (Phi) is 6.96. The molecule has 5 rings (SSSR count). The van der Waals surface area contributed by atoms with Gasteiger partial charge in [0, 0.05) is 36.9 Å². The van der Waals surface area contributed by atoms with Crippen molar-refractivity contribution in [2.45, 2.75) is 56.1 Å². The highest BCUT2D eigenvalue weighted by molar-refractivity contribution is 7.99. The molecule has 1 aromatic rings. The number of carbonyl (C=O) groups is 2. The number of thioether (sulfide) groups is 1. The zero-order valence-corrected chi connectivity index (χ0v) is 19.2. The molecule has 0 spiro atoms. The van der Waals surface area contributed by atoms with Crippen molar-refractivity contribution in [1.29, 1.82) is 0 Å².